The third-order valence-corrected chi connectivity index (χ3v) is 4.51. The first-order chi connectivity index (χ1) is 8.45. The van der Waals surface area contributed by atoms with Crippen LogP contribution in [0.25, 0.3) is 0 Å². The maximum Gasteiger partial charge on any atom is 0.326 e. The number of nitrogens with zero attached hydrogens (tertiary/aromatic N) is 1. The Morgan fingerprint density at radius 3 is 2.61 bits per heavy atom. The monoisotopic (exact) mass is 273 g/mol. The van der Waals surface area contributed by atoms with Crippen molar-refractivity contribution in [2.24, 2.45) is 5.92 Å². The van der Waals surface area contributed by atoms with E-state index < -0.39 is 12.0 Å². The molecule has 0 aromatic heterocycles. The minimum atomic E-state index is -0.865. The zero-order valence-electron chi connectivity index (χ0n) is 11.4. The highest BCUT2D eigenvalue weighted by Gasteiger charge is 2.35. The number of hydrogen-bond acceptors (Lipinski definition) is 3. The lowest BCUT2D eigenvalue weighted by atomic mass is 9.89. The molecule has 0 aliphatic carbocycles. The number of thioether (sulfide) groups is 1. The summed E-state index contributed by atoms with van der Waals surface area (Å²) in [7, 11) is 0. The summed E-state index contributed by atoms with van der Waals surface area (Å²) in [4.78, 5) is 24.9. The highest BCUT2D eigenvalue weighted by atomic mass is 32.2. The van der Waals surface area contributed by atoms with Crippen molar-refractivity contribution in [2.75, 3.05) is 12.3 Å². The maximum absolute atomic E-state index is 12.1. The third-order valence-electron chi connectivity index (χ3n) is 3.43. The quantitative estimate of drug-likeness (QED) is 0.834. The fourth-order valence-corrected chi connectivity index (χ4v) is 2.90. The Balaban J connectivity index is 2.62. The van der Waals surface area contributed by atoms with Gasteiger partial charge in [0.25, 0.3) is 0 Å². The van der Waals surface area contributed by atoms with Gasteiger partial charge in [-0.25, -0.2) is 4.79 Å². The van der Waals surface area contributed by atoms with Crippen molar-refractivity contribution in [3.8, 4) is 0 Å². The Morgan fingerprint density at radius 2 is 2.11 bits per heavy atom. The molecule has 1 aliphatic heterocycles. The number of carboxylic acids is 1. The number of carbonyl (C=O) groups is 2. The number of piperidine rings is 1. The zero-order chi connectivity index (χ0) is 13.7. The van der Waals surface area contributed by atoms with Crippen LogP contribution in [0.4, 0.5) is 0 Å². The van der Waals surface area contributed by atoms with E-state index in [1.165, 1.54) is 0 Å². The average molecular weight is 273 g/mol. The lowest BCUT2D eigenvalue weighted by Gasteiger charge is -2.37. The van der Waals surface area contributed by atoms with Gasteiger partial charge in [0.05, 0.1) is 5.75 Å². The summed E-state index contributed by atoms with van der Waals surface area (Å²) in [5.74, 6) is -0.0716. The molecule has 0 aromatic carbocycles. The number of carbonyl (C=O) groups excluding carboxylic acids is 1. The molecule has 104 valence electrons. The number of likely N-dealkylation sites (tertiary alicyclic amines) is 1. The fourth-order valence-electron chi connectivity index (χ4n) is 2.26. The molecule has 1 amide bonds. The Hall–Kier alpha value is -0.710. The molecule has 4 nitrogen and oxygen atoms in total. The molecule has 0 saturated carbocycles. The van der Waals surface area contributed by atoms with E-state index in [4.69, 9.17) is 0 Å². The molecule has 0 bridgehead atoms. The molecule has 18 heavy (non-hydrogen) atoms. The predicted molar refractivity (Wildman–Crippen MR) is 73.7 cm³/mol. The highest BCUT2D eigenvalue weighted by molar-refractivity contribution is 8.00. The van der Waals surface area contributed by atoms with Crippen molar-refractivity contribution in [1.82, 2.24) is 4.90 Å². The smallest absolute Gasteiger partial charge is 0.326 e. The standard InChI is InChI=1S/C13H23NO3S/c1-4-10-5-6-14(11(7-10)13(16)17)12(15)8-18-9(2)3/h9-11H,4-8H2,1-3H3,(H,16,17). The molecule has 0 spiro atoms. The van der Waals surface area contributed by atoms with E-state index in [1.807, 2.05) is 13.8 Å². The predicted octanol–water partition coefficient (Wildman–Crippen LogP) is 2.23. The van der Waals surface area contributed by atoms with Gasteiger partial charge < -0.3 is 10.0 Å². The van der Waals surface area contributed by atoms with Gasteiger partial charge in [0.1, 0.15) is 6.04 Å². The minimum absolute atomic E-state index is 0.0318. The van der Waals surface area contributed by atoms with E-state index in [1.54, 1.807) is 16.7 Å². The summed E-state index contributed by atoms with van der Waals surface area (Å²) in [6, 6.07) is -0.621. The van der Waals surface area contributed by atoms with Crippen LogP contribution in [-0.2, 0) is 9.59 Å². The summed E-state index contributed by atoms with van der Waals surface area (Å²) < 4.78 is 0. The van der Waals surface area contributed by atoms with Crippen molar-refractivity contribution in [3.63, 3.8) is 0 Å². The normalized spacial score (nSPS) is 24.3. The maximum atomic E-state index is 12.1. The molecular formula is C13H23NO3S. The molecular weight excluding hydrogens is 250 g/mol. The van der Waals surface area contributed by atoms with Crippen molar-refractivity contribution in [2.45, 2.75) is 51.3 Å². The topological polar surface area (TPSA) is 57.6 Å². The molecule has 1 N–H and O–H groups in total. The van der Waals surface area contributed by atoms with E-state index in [9.17, 15) is 14.7 Å². The van der Waals surface area contributed by atoms with Gasteiger partial charge >= 0.3 is 5.97 Å². The Bertz CT molecular complexity index is 307. The Labute approximate surface area is 113 Å². The number of amides is 1. The second-order valence-corrected chi connectivity index (χ2v) is 6.66. The van der Waals surface area contributed by atoms with Crippen LogP contribution >= 0.6 is 11.8 Å². The fraction of sp³-hybridized carbons (Fsp3) is 0.846. The first-order valence-corrected chi connectivity index (χ1v) is 7.64. The lowest BCUT2D eigenvalue weighted by Crippen LogP contribution is -2.50. The molecule has 1 rings (SSSR count). The van der Waals surface area contributed by atoms with Gasteiger partial charge in [-0.15, -0.1) is 11.8 Å². The van der Waals surface area contributed by atoms with Gasteiger partial charge in [0.15, 0.2) is 0 Å². The van der Waals surface area contributed by atoms with E-state index in [2.05, 4.69) is 6.92 Å². The summed E-state index contributed by atoms with van der Waals surface area (Å²) in [6.45, 7) is 6.74. The van der Waals surface area contributed by atoms with Crippen LogP contribution in [0.5, 0.6) is 0 Å². The molecule has 1 aliphatic rings. The number of hydrogen-bond donors (Lipinski definition) is 1. The second-order valence-electron chi connectivity index (χ2n) is 5.10. The molecule has 1 fully saturated rings. The summed E-state index contributed by atoms with van der Waals surface area (Å²) in [5.41, 5.74) is 0. The van der Waals surface area contributed by atoms with Crippen LogP contribution in [0.15, 0.2) is 0 Å². The van der Waals surface area contributed by atoms with E-state index in [0.29, 0.717) is 29.9 Å². The second kappa shape index (κ2) is 7.02. The molecule has 5 heteroatoms. The summed E-state index contributed by atoms with van der Waals surface area (Å²) in [6.07, 6.45) is 2.52. The highest BCUT2D eigenvalue weighted by Crippen LogP contribution is 2.26. The number of aliphatic carboxylic acids is 1. The van der Waals surface area contributed by atoms with Crippen molar-refractivity contribution < 1.29 is 14.7 Å². The molecule has 1 saturated heterocycles. The molecule has 0 aromatic rings. The Kier molecular flexibility index (Phi) is 5.99. The molecule has 2 atom stereocenters. The van der Waals surface area contributed by atoms with Gasteiger partial charge in [-0.05, 0) is 24.0 Å². The first-order valence-electron chi connectivity index (χ1n) is 6.59. The minimum Gasteiger partial charge on any atom is -0.480 e. The van der Waals surface area contributed by atoms with Crippen molar-refractivity contribution in [3.05, 3.63) is 0 Å². The van der Waals surface area contributed by atoms with Gasteiger partial charge in [0, 0.05) is 6.54 Å². The number of rotatable bonds is 5. The largest absolute Gasteiger partial charge is 0.480 e. The van der Waals surface area contributed by atoms with Crippen LogP contribution in [0, 0.1) is 5.92 Å². The molecule has 0 radical (unpaired) electrons. The molecule has 2 unspecified atom stereocenters. The van der Waals surface area contributed by atoms with Crippen LogP contribution < -0.4 is 0 Å². The van der Waals surface area contributed by atoms with Crippen LogP contribution in [0.2, 0.25) is 0 Å². The van der Waals surface area contributed by atoms with Crippen LogP contribution in [-0.4, -0.2) is 45.5 Å². The van der Waals surface area contributed by atoms with E-state index in [0.717, 1.165) is 12.8 Å². The van der Waals surface area contributed by atoms with Gasteiger partial charge in [-0.2, -0.15) is 0 Å². The van der Waals surface area contributed by atoms with Gasteiger partial charge in [-0.3, -0.25) is 4.79 Å². The first kappa shape index (κ1) is 15.3. The van der Waals surface area contributed by atoms with Crippen molar-refractivity contribution in [1.29, 1.82) is 0 Å². The summed E-state index contributed by atoms with van der Waals surface area (Å²) in [5, 5.41) is 9.64. The lowest BCUT2D eigenvalue weighted by molar-refractivity contribution is -0.152. The SMILES string of the molecule is CCC1CCN(C(=O)CSC(C)C)C(C(=O)O)C1. The Morgan fingerprint density at radius 1 is 1.44 bits per heavy atom. The van der Waals surface area contributed by atoms with Crippen molar-refractivity contribution >= 4 is 23.6 Å². The van der Waals surface area contributed by atoms with E-state index >= 15 is 0 Å². The van der Waals surface area contributed by atoms with Gasteiger partial charge in [0.2, 0.25) is 5.91 Å². The average Bonchev–Trinajstić information content (AvgIpc) is 2.34. The third kappa shape index (κ3) is 4.19. The molecule has 1 heterocycles. The number of carboxylic acid groups (broad SMARTS) is 1. The van der Waals surface area contributed by atoms with E-state index in [-0.39, 0.29) is 5.91 Å². The van der Waals surface area contributed by atoms with Gasteiger partial charge in [-0.1, -0.05) is 27.2 Å². The van der Waals surface area contributed by atoms with Crippen LogP contribution in [0.3, 0.4) is 0 Å². The summed E-state index contributed by atoms with van der Waals surface area (Å²) >= 11 is 1.57. The van der Waals surface area contributed by atoms with Crippen LogP contribution in [0.1, 0.15) is 40.0 Å². The zero-order valence-corrected chi connectivity index (χ0v) is 12.2.